The number of pyridine rings is 3. The van der Waals surface area contributed by atoms with Gasteiger partial charge in [-0.1, -0.05) is 38.1 Å². The van der Waals surface area contributed by atoms with Gasteiger partial charge in [-0.25, -0.2) is 22.5 Å². The molecule has 2 aliphatic carbocycles. The van der Waals surface area contributed by atoms with Crippen LogP contribution in [0.4, 0.5) is 21.6 Å². The van der Waals surface area contributed by atoms with E-state index in [0.717, 1.165) is 101 Å². The molecule has 1 atom stereocenters. The molecule has 6 aromatic rings. The molecule has 0 unspecified atom stereocenters. The number of benzene rings is 2. The van der Waals surface area contributed by atoms with E-state index in [0.29, 0.717) is 44.2 Å². The van der Waals surface area contributed by atoms with Gasteiger partial charge in [-0.05, 0) is 111 Å². The number of nitrogens with zero attached hydrogens (tertiary/aromatic N) is 7. The number of carbonyl (C=O) groups excluding carboxylic acids is 1. The van der Waals surface area contributed by atoms with Gasteiger partial charge in [0.25, 0.3) is 21.8 Å². The van der Waals surface area contributed by atoms with E-state index in [9.17, 15) is 32.8 Å². The molecule has 0 radical (unpaired) electrons. The highest BCUT2D eigenvalue weighted by Gasteiger charge is 2.50. The Morgan fingerprint density at radius 3 is 2.43 bits per heavy atom. The maximum Gasteiger partial charge on any atom is 0.312 e. The quantitative estimate of drug-likeness (QED) is 0.0493. The molecule has 77 heavy (non-hydrogen) atoms. The predicted octanol–water partition coefficient (Wildman–Crippen LogP) is 9.11. The first kappa shape index (κ1) is 53.5. The second-order valence-corrected chi connectivity index (χ2v) is 23.6. The average Bonchev–Trinajstić information content (AvgIpc) is 3.82. The van der Waals surface area contributed by atoms with Gasteiger partial charge in [0.05, 0.1) is 53.8 Å². The highest BCUT2D eigenvalue weighted by atomic mass is 32.2. The van der Waals surface area contributed by atoms with Crippen LogP contribution in [0.2, 0.25) is 0 Å². The van der Waals surface area contributed by atoms with Gasteiger partial charge in [0, 0.05) is 88.0 Å². The van der Waals surface area contributed by atoms with Gasteiger partial charge < -0.3 is 34.5 Å². The molecule has 0 bridgehead atoms. The number of nitrogens with one attached hydrogen (secondary N) is 3. The second-order valence-electron chi connectivity index (χ2n) is 21.9. The Morgan fingerprint density at radius 2 is 1.73 bits per heavy atom. The second kappa shape index (κ2) is 21.8. The molecule has 2 aromatic carbocycles. The number of hydrogen-bond acceptors (Lipinski definition) is 16. The lowest BCUT2D eigenvalue weighted by Gasteiger charge is -2.58. The molecular weight excluding hydrogens is 1010 g/mol. The van der Waals surface area contributed by atoms with Crippen molar-refractivity contribution in [1.29, 1.82) is 0 Å². The fourth-order valence-corrected chi connectivity index (χ4v) is 12.8. The fourth-order valence-electron chi connectivity index (χ4n) is 11.9. The summed E-state index contributed by atoms with van der Waals surface area (Å²) in [5, 5.41) is 25.7. The van der Waals surface area contributed by atoms with Crippen molar-refractivity contribution in [2.45, 2.75) is 107 Å². The number of aromatic nitrogens is 4. The van der Waals surface area contributed by atoms with Crippen molar-refractivity contribution in [2.24, 2.45) is 11.3 Å². The van der Waals surface area contributed by atoms with Crippen LogP contribution < -0.4 is 29.1 Å². The number of amides is 1. The third-order valence-electron chi connectivity index (χ3n) is 16.4. The smallest absolute Gasteiger partial charge is 0.312 e. The maximum absolute atomic E-state index is 14.9. The Kier molecular flexibility index (Phi) is 15.2. The number of fused-ring (bicyclic) bond motifs is 1. The number of piperazine rings is 1. The van der Waals surface area contributed by atoms with Gasteiger partial charge >= 0.3 is 5.69 Å². The molecule has 10 rings (SSSR count). The highest BCUT2D eigenvalue weighted by Crippen LogP contribution is 2.53. The number of ether oxygens (including phenoxy) is 3. The number of anilines is 2. The van der Waals surface area contributed by atoms with Gasteiger partial charge in [-0.3, -0.25) is 29.7 Å². The van der Waals surface area contributed by atoms with Gasteiger partial charge in [0.1, 0.15) is 27.9 Å². The third kappa shape index (κ3) is 11.5. The number of rotatable bonds is 17. The molecule has 4 fully saturated rings. The number of halogens is 1. The van der Waals surface area contributed by atoms with E-state index in [1.54, 1.807) is 32.4 Å². The minimum absolute atomic E-state index is 0.0174. The van der Waals surface area contributed by atoms with Crippen molar-refractivity contribution >= 4 is 44.2 Å². The molecule has 408 valence electrons. The van der Waals surface area contributed by atoms with Crippen molar-refractivity contribution in [3.05, 3.63) is 124 Å². The monoisotopic (exact) mass is 1070 g/mol. The summed E-state index contributed by atoms with van der Waals surface area (Å²) in [5.74, 6) is -0.650. The summed E-state index contributed by atoms with van der Waals surface area (Å²) < 4.78 is 62.0. The SMILES string of the molecule is COc1ccc(CN2CCN(C3CC4(CCN(c5ccc(C(=O)NS(=O)(=O)c6cnc(NCC7CCC(C)(O)CC7)c([N+](=O)[O-])c6)c(Oc6cc7c(F)c[nH]c7nc6OC)c5)CC4)C3)[C@H](c3ccccc3C(C)C)C2)nc1. The summed E-state index contributed by atoms with van der Waals surface area (Å²) in [5.41, 5.74) is 3.34. The summed E-state index contributed by atoms with van der Waals surface area (Å²) in [6, 6.07) is 20.6. The first-order valence-corrected chi connectivity index (χ1v) is 27.9. The van der Waals surface area contributed by atoms with E-state index in [1.807, 2.05) is 12.1 Å². The van der Waals surface area contributed by atoms with Crippen LogP contribution in [0.1, 0.15) is 111 Å². The Labute approximate surface area is 447 Å². The number of H-pyrrole nitrogens is 1. The molecule has 2 saturated heterocycles. The minimum atomic E-state index is -4.75. The summed E-state index contributed by atoms with van der Waals surface area (Å²) >= 11 is 0. The topological polar surface area (TPSA) is 231 Å². The number of aromatic amines is 1. The van der Waals surface area contributed by atoms with E-state index < -0.39 is 42.9 Å². The zero-order valence-electron chi connectivity index (χ0n) is 44.1. The van der Waals surface area contributed by atoms with Crippen molar-refractivity contribution in [1.82, 2.24) is 34.5 Å². The number of carbonyl (C=O) groups is 1. The molecular formula is C56H67FN10O9S. The standard InChI is InChI=1S/C56H67FN10O9S/c1-35(2)42-8-6-7-9-43(42)48-34-64(33-37-10-12-40(74-4)30-58-37)22-23-66(48)39-27-56(28-39)18-20-65(21-19-56)38-11-13-44(49(24-38)76-50-26-45-46(57)32-61-51(45)62-54(50)75-5)53(68)63-77(72,73)41-25-47(67(70)71)52(60-31-41)59-29-36-14-16-55(3,69)17-15-36/h6-13,24-26,30-32,35-36,39,48,69H,14-23,27-29,33-34H2,1-5H3,(H,59,60)(H,61,62)(H,63,68)/t36?,48-,55?/m0/s1. The molecule has 6 heterocycles. The van der Waals surface area contributed by atoms with E-state index in [-0.39, 0.29) is 57.2 Å². The highest BCUT2D eigenvalue weighted by molar-refractivity contribution is 7.90. The number of sulfonamides is 1. The Morgan fingerprint density at radius 1 is 0.961 bits per heavy atom. The zero-order chi connectivity index (χ0) is 54.2. The van der Waals surface area contributed by atoms with Crippen molar-refractivity contribution in [3.8, 4) is 23.1 Å². The minimum Gasteiger partial charge on any atom is -0.495 e. The Balaban J connectivity index is 0.856. The van der Waals surface area contributed by atoms with E-state index in [2.05, 4.69) is 82.8 Å². The van der Waals surface area contributed by atoms with Crippen LogP contribution in [0.3, 0.4) is 0 Å². The summed E-state index contributed by atoms with van der Waals surface area (Å²) in [6.07, 6.45) is 10.5. The summed E-state index contributed by atoms with van der Waals surface area (Å²) in [7, 11) is -1.73. The van der Waals surface area contributed by atoms with Crippen LogP contribution in [0.5, 0.6) is 23.1 Å². The lowest BCUT2D eigenvalue weighted by atomic mass is 9.59. The Bertz CT molecular complexity index is 3240. The Hall–Kier alpha value is -6.94. The normalized spacial score (nSPS) is 21.2. The molecule has 4 aromatic heterocycles. The summed E-state index contributed by atoms with van der Waals surface area (Å²) in [4.78, 5) is 48.5. The average molecular weight is 1080 g/mol. The first-order valence-electron chi connectivity index (χ1n) is 26.4. The number of piperidine rings is 1. The molecule has 4 N–H and O–H groups in total. The van der Waals surface area contributed by atoms with Crippen LogP contribution in [0.25, 0.3) is 11.0 Å². The number of methoxy groups -OCH3 is 2. The van der Waals surface area contributed by atoms with Gasteiger partial charge in [-0.15, -0.1) is 0 Å². The van der Waals surface area contributed by atoms with Crippen LogP contribution in [-0.4, -0.2) is 119 Å². The molecule has 4 aliphatic rings. The predicted molar refractivity (Wildman–Crippen MR) is 289 cm³/mol. The van der Waals surface area contributed by atoms with Crippen LogP contribution in [0.15, 0.2) is 90.2 Å². The molecule has 1 spiro atoms. The fraction of sp³-hybridized carbons (Fsp3) is 0.464. The van der Waals surface area contributed by atoms with Gasteiger partial charge in [-0.2, -0.15) is 4.98 Å². The number of aliphatic hydroxyl groups is 1. The lowest BCUT2D eigenvalue weighted by Crippen LogP contribution is -2.60. The van der Waals surface area contributed by atoms with Crippen LogP contribution in [0, 0.1) is 27.3 Å². The van der Waals surface area contributed by atoms with Crippen molar-refractivity contribution in [2.75, 3.05) is 63.7 Å². The van der Waals surface area contributed by atoms with Gasteiger partial charge in [0.2, 0.25) is 5.82 Å². The molecule has 2 aliphatic heterocycles. The number of nitro groups is 1. The first-order chi connectivity index (χ1) is 36.9. The zero-order valence-corrected chi connectivity index (χ0v) is 44.9. The van der Waals surface area contributed by atoms with Gasteiger partial charge in [0.15, 0.2) is 5.75 Å². The number of hydrogen-bond donors (Lipinski definition) is 4. The molecule has 2 saturated carbocycles. The lowest BCUT2D eigenvalue weighted by molar-refractivity contribution is -0.384. The maximum atomic E-state index is 14.9. The van der Waals surface area contributed by atoms with E-state index >= 15 is 0 Å². The van der Waals surface area contributed by atoms with Crippen molar-refractivity contribution in [3.63, 3.8) is 0 Å². The summed E-state index contributed by atoms with van der Waals surface area (Å²) in [6.45, 7) is 11.6. The molecule has 1 amide bonds. The van der Waals surface area contributed by atoms with Crippen LogP contribution >= 0.6 is 0 Å². The largest absolute Gasteiger partial charge is 0.495 e. The molecule has 19 nitrogen and oxygen atoms in total. The van der Waals surface area contributed by atoms with Crippen molar-refractivity contribution < 1.29 is 41.8 Å². The van der Waals surface area contributed by atoms with Crippen LogP contribution in [-0.2, 0) is 16.6 Å². The van der Waals surface area contributed by atoms with E-state index in [4.69, 9.17) is 14.2 Å². The third-order valence-corrected chi connectivity index (χ3v) is 17.7. The molecule has 21 heteroatoms. The van der Waals surface area contributed by atoms with E-state index in [1.165, 1.54) is 30.4 Å².